The summed E-state index contributed by atoms with van der Waals surface area (Å²) >= 11 is 1.35. The van der Waals surface area contributed by atoms with E-state index in [0.717, 1.165) is 21.8 Å². The molecule has 1 unspecified atom stereocenters. The van der Waals surface area contributed by atoms with E-state index in [0.29, 0.717) is 30.1 Å². The van der Waals surface area contributed by atoms with Crippen molar-refractivity contribution < 1.29 is 19.4 Å². The van der Waals surface area contributed by atoms with Gasteiger partial charge in [0.25, 0.3) is 0 Å². The van der Waals surface area contributed by atoms with Crippen molar-refractivity contribution in [1.82, 2.24) is 4.90 Å². The van der Waals surface area contributed by atoms with Gasteiger partial charge in [0.2, 0.25) is 11.8 Å². The van der Waals surface area contributed by atoms with E-state index in [-0.39, 0.29) is 37.2 Å². The van der Waals surface area contributed by atoms with E-state index >= 15 is 0 Å². The molecular weight excluding hydrogens is 402 g/mol. The summed E-state index contributed by atoms with van der Waals surface area (Å²) in [4.78, 5) is 27.4. The number of benzene rings is 1. The molecule has 1 aliphatic rings. The number of hydrogen-bond donors (Lipinski definition) is 2. The van der Waals surface area contributed by atoms with Gasteiger partial charge in [0.05, 0.1) is 25.8 Å². The predicted octanol–water partition coefficient (Wildman–Crippen LogP) is 3.03. The van der Waals surface area contributed by atoms with Crippen molar-refractivity contribution in [2.45, 2.75) is 38.6 Å². The minimum atomic E-state index is -0.179. The first-order chi connectivity index (χ1) is 14.5. The zero-order valence-electron chi connectivity index (χ0n) is 17.1. The summed E-state index contributed by atoms with van der Waals surface area (Å²) in [6.07, 6.45) is 0.921. The molecule has 1 aromatic heterocycles. The van der Waals surface area contributed by atoms with E-state index in [4.69, 9.17) is 9.84 Å². The monoisotopic (exact) mass is 427 g/mol. The van der Waals surface area contributed by atoms with E-state index in [1.54, 1.807) is 12.0 Å². The summed E-state index contributed by atoms with van der Waals surface area (Å²) in [5, 5.41) is 22.1. The summed E-state index contributed by atoms with van der Waals surface area (Å²) in [5.41, 5.74) is 2.35. The zero-order chi connectivity index (χ0) is 21.7. The minimum Gasteiger partial charge on any atom is -0.496 e. The summed E-state index contributed by atoms with van der Waals surface area (Å²) in [6.45, 7) is 2.70. The van der Waals surface area contributed by atoms with E-state index in [1.807, 2.05) is 31.2 Å². The molecular formula is C22H25N3O4S. The van der Waals surface area contributed by atoms with Crippen LogP contribution in [-0.4, -0.2) is 42.1 Å². The lowest BCUT2D eigenvalue weighted by Crippen LogP contribution is -2.35. The number of fused-ring (bicyclic) bond motifs is 1. The highest BCUT2D eigenvalue weighted by Gasteiger charge is 2.27. The highest BCUT2D eigenvalue weighted by atomic mass is 32.1. The normalized spacial score (nSPS) is 13.9. The fraction of sp³-hybridized carbons (Fsp3) is 0.409. The van der Waals surface area contributed by atoms with Crippen molar-refractivity contribution >= 4 is 28.2 Å². The third kappa shape index (κ3) is 4.64. The Morgan fingerprint density at radius 2 is 2.17 bits per heavy atom. The second kappa shape index (κ2) is 9.74. The minimum absolute atomic E-state index is 0.0483. The summed E-state index contributed by atoms with van der Waals surface area (Å²) in [7, 11) is 1.61. The lowest BCUT2D eigenvalue weighted by atomic mass is 9.96. The first kappa shape index (κ1) is 21.8. The molecule has 1 aromatic carbocycles. The number of anilines is 1. The predicted molar refractivity (Wildman–Crippen MR) is 115 cm³/mol. The second-order valence-electron chi connectivity index (χ2n) is 7.25. The molecule has 3 rings (SSSR count). The number of nitrogens with one attached hydrogen (secondary N) is 1. The molecule has 1 atom stereocenters. The average Bonchev–Trinajstić information content (AvgIpc) is 3.09. The maximum Gasteiger partial charge on any atom is 0.225 e. The molecule has 2 heterocycles. The summed E-state index contributed by atoms with van der Waals surface area (Å²) < 4.78 is 5.38. The van der Waals surface area contributed by atoms with Crippen LogP contribution in [0.5, 0.6) is 5.75 Å². The Balaban J connectivity index is 1.72. The lowest BCUT2D eigenvalue weighted by Gasteiger charge is -2.26. The third-order valence-corrected chi connectivity index (χ3v) is 6.39. The number of amides is 2. The van der Waals surface area contributed by atoms with Crippen LogP contribution in [0.1, 0.15) is 47.3 Å². The van der Waals surface area contributed by atoms with Gasteiger partial charge in [-0.15, -0.1) is 11.3 Å². The van der Waals surface area contributed by atoms with Gasteiger partial charge < -0.3 is 20.1 Å². The smallest absolute Gasteiger partial charge is 0.225 e. The first-order valence-electron chi connectivity index (χ1n) is 9.84. The number of carbonyl (C=O) groups is 2. The Morgan fingerprint density at radius 1 is 1.40 bits per heavy atom. The number of nitriles is 1. The number of thiophene rings is 1. The molecule has 0 saturated heterocycles. The average molecular weight is 428 g/mol. The van der Waals surface area contributed by atoms with Crippen molar-refractivity contribution in [3.8, 4) is 11.8 Å². The molecule has 0 radical (unpaired) electrons. The Morgan fingerprint density at radius 3 is 2.87 bits per heavy atom. The van der Waals surface area contributed by atoms with Crippen LogP contribution in [0.4, 0.5) is 5.00 Å². The Bertz CT molecular complexity index is 979. The van der Waals surface area contributed by atoms with Crippen molar-refractivity contribution in [3.63, 3.8) is 0 Å². The van der Waals surface area contributed by atoms with Crippen LogP contribution in [0.25, 0.3) is 0 Å². The van der Waals surface area contributed by atoms with Crippen molar-refractivity contribution in [2.24, 2.45) is 0 Å². The fourth-order valence-corrected chi connectivity index (χ4v) is 4.95. The van der Waals surface area contributed by atoms with E-state index < -0.39 is 0 Å². The third-order valence-electron chi connectivity index (χ3n) is 5.26. The number of methoxy groups -OCH3 is 1. The largest absolute Gasteiger partial charge is 0.496 e. The van der Waals surface area contributed by atoms with Gasteiger partial charge in [0.15, 0.2) is 0 Å². The van der Waals surface area contributed by atoms with Gasteiger partial charge in [-0.05, 0) is 29.5 Å². The molecule has 0 bridgehead atoms. The maximum absolute atomic E-state index is 12.7. The molecule has 7 nitrogen and oxygen atoms in total. The highest BCUT2D eigenvalue weighted by molar-refractivity contribution is 7.16. The standard InChI is InChI=1S/C22H25N3O4S/c1-14(15-5-3-4-6-18(15)29-2)11-20(27)24-22-17(12-23)16-7-9-25(13-19(16)30-22)21(28)8-10-26/h3-6,14,26H,7-11,13H2,1-2H3,(H,24,27). The molecule has 1 aliphatic heterocycles. The van der Waals surface area contributed by atoms with Crippen LogP contribution in [0, 0.1) is 11.3 Å². The number of hydrogen-bond acceptors (Lipinski definition) is 6. The molecule has 0 spiro atoms. The number of rotatable bonds is 7. The highest BCUT2D eigenvalue weighted by Crippen LogP contribution is 2.37. The number of aliphatic hydroxyl groups excluding tert-OH is 1. The van der Waals surface area contributed by atoms with Crippen LogP contribution < -0.4 is 10.1 Å². The van der Waals surface area contributed by atoms with Crippen molar-refractivity contribution in [2.75, 3.05) is 25.6 Å². The molecule has 0 aliphatic carbocycles. The fourth-order valence-electron chi connectivity index (χ4n) is 3.72. The van der Waals surface area contributed by atoms with Gasteiger partial charge >= 0.3 is 0 Å². The Labute approximate surface area is 179 Å². The number of para-hydroxylation sites is 1. The Kier molecular flexibility index (Phi) is 7.08. The number of ether oxygens (including phenoxy) is 1. The van der Waals surface area contributed by atoms with Crippen LogP contribution in [-0.2, 0) is 22.6 Å². The van der Waals surface area contributed by atoms with Crippen LogP contribution >= 0.6 is 11.3 Å². The molecule has 2 amide bonds. The van der Waals surface area contributed by atoms with Crippen molar-refractivity contribution in [1.29, 1.82) is 5.26 Å². The maximum atomic E-state index is 12.7. The molecule has 30 heavy (non-hydrogen) atoms. The van der Waals surface area contributed by atoms with Gasteiger partial charge in [-0.1, -0.05) is 25.1 Å². The lowest BCUT2D eigenvalue weighted by molar-refractivity contribution is -0.132. The van der Waals surface area contributed by atoms with Crippen LogP contribution in [0.15, 0.2) is 24.3 Å². The van der Waals surface area contributed by atoms with E-state index in [9.17, 15) is 14.9 Å². The molecule has 2 N–H and O–H groups in total. The topological polar surface area (TPSA) is 103 Å². The number of nitrogens with zero attached hydrogens (tertiary/aromatic N) is 2. The van der Waals surface area contributed by atoms with Gasteiger partial charge in [-0.3, -0.25) is 9.59 Å². The SMILES string of the molecule is COc1ccccc1C(C)CC(=O)Nc1sc2c(c1C#N)CCN(C(=O)CCO)C2. The summed E-state index contributed by atoms with van der Waals surface area (Å²) in [6, 6.07) is 9.83. The second-order valence-corrected chi connectivity index (χ2v) is 8.36. The van der Waals surface area contributed by atoms with Gasteiger partial charge in [-0.2, -0.15) is 5.26 Å². The molecule has 2 aromatic rings. The van der Waals surface area contributed by atoms with Crippen LogP contribution in [0.3, 0.4) is 0 Å². The van der Waals surface area contributed by atoms with Gasteiger partial charge in [-0.25, -0.2) is 0 Å². The van der Waals surface area contributed by atoms with Gasteiger partial charge in [0, 0.05) is 24.3 Å². The van der Waals surface area contributed by atoms with Crippen LogP contribution in [0.2, 0.25) is 0 Å². The molecule has 8 heteroatoms. The van der Waals surface area contributed by atoms with Gasteiger partial charge in [0.1, 0.15) is 16.8 Å². The first-order valence-corrected chi connectivity index (χ1v) is 10.7. The summed E-state index contributed by atoms with van der Waals surface area (Å²) in [5.74, 6) is 0.422. The zero-order valence-corrected chi connectivity index (χ0v) is 17.9. The van der Waals surface area contributed by atoms with E-state index in [2.05, 4.69) is 11.4 Å². The molecule has 0 fully saturated rings. The number of aliphatic hydroxyl groups is 1. The van der Waals surface area contributed by atoms with E-state index in [1.165, 1.54) is 11.3 Å². The Hall–Kier alpha value is -2.89. The quantitative estimate of drug-likeness (QED) is 0.707. The molecule has 0 saturated carbocycles. The van der Waals surface area contributed by atoms with Crippen molar-refractivity contribution in [3.05, 3.63) is 45.8 Å². The number of carbonyl (C=O) groups excluding carboxylic acids is 2. The molecule has 158 valence electrons.